The van der Waals surface area contributed by atoms with Crippen LogP contribution < -0.4 is 10.2 Å². The minimum atomic E-state index is -0.760. The van der Waals surface area contributed by atoms with Crippen molar-refractivity contribution < 1.29 is 14.4 Å². The number of rotatable bonds is 6. The molecule has 6 nitrogen and oxygen atoms in total. The van der Waals surface area contributed by atoms with Crippen molar-refractivity contribution in [3.05, 3.63) is 106 Å². The van der Waals surface area contributed by atoms with Crippen LogP contribution in [-0.4, -0.2) is 22.4 Å². The Hall–Kier alpha value is -4.16. The van der Waals surface area contributed by atoms with Crippen molar-refractivity contribution >= 4 is 52.1 Å². The third-order valence-corrected chi connectivity index (χ3v) is 7.22. The largest absolute Gasteiger partial charge is 0.342 e. The Balaban J connectivity index is 1.53. The molecule has 1 aromatic heterocycles. The summed E-state index contributed by atoms with van der Waals surface area (Å²) in [5, 5.41) is 3.86. The Morgan fingerprint density at radius 2 is 1.65 bits per heavy atom. The van der Waals surface area contributed by atoms with E-state index in [4.69, 9.17) is 11.6 Å². The lowest BCUT2D eigenvalue weighted by Crippen LogP contribution is -2.54. The number of barbiturate groups is 1. The molecule has 4 amide bonds. The van der Waals surface area contributed by atoms with Crippen LogP contribution in [0.25, 0.3) is 17.0 Å². The highest BCUT2D eigenvalue weighted by atomic mass is 35.5. The fourth-order valence-corrected chi connectivity index (χ4v) is 4.76. The van der Waals surface area contributed by atoms with E-state index in [-0.39, 0.29) is 5.57 Å². The number of nitrogens with one attached hydrogen (secondary N) is 1. The van der Waals surface area contributed by atoms with Crippen LogP contribution in [0.2, 0.25) is 5.02 Å². The van der Waals surface area contributed by atoms with E-state index in [1.807, 2.05) is 71.4 Å². The molecule has 37 heavy (non-hydrogen) atoms. The summed E-state index contributed by atoms with van der Waals surface area (Å²) >= 11 is 6.39. The molecule has 1 atom stereocenters. The predicted molar refractivity (Wildman–Crippen MR) is 147 cm³/mol. The van der Waals surface area contributed by atoms with Crippen LogP contribution in [0.15, 0.2) is 84.6 Å². The molecule has 0 aliphatic carbocycles. The van der Waals surface area contributed by atoms with Crippen molar-refractivity contribution in [2.75, 3.05) is 4.90 Å². The first-order chi connectivity index (χ1) is 17.9. The monoisotopic (exact) mass is 511 g/mol. The summed E-state index contributed by atoms with van der Waals surface area (Å²) in [5.41, 5.74) is 4.01. The lowest BCUT2D eigenvalue weighted by Gasteiger charge is -2.26. The smallest absolute Gasteiger partial charge is 0.335 e. The molecule has 1 N–H and O–H groups in total. The number of fused-ring (bicyclic) bond motifs is 1. The lowest BCUT2D eigenvalue weighted by atomic mass is 9.98. The second kappa shape index (κ2) is 10.1. The molecule has 2 heterocycles. The molecule has 0 bridgehead atoms. The SMILES string of the molecule is CC[C@H](C)c1ccc(N2C(=O)NC(=O)/C(=C\c3cn(Cc4ccccc4Cl)c4ccccc34)C2=O)cc1. The van der Waals surface area contributed by atoms with E-state index in [1.54, 1.807) is 18.2 Å². The van der Waals surface area contributed by atoms with Gasteiger partial charge in [0, 0.05) is 34.2 Å². The molecule has 186 valence electrons. The number of amides is 4. The molecule has 4 aromatic rings. The number of nitrogens with zero attached hydrogens (tertiary/aromatic N) is 2. The number of benzene rings is 3. The summed E-state index contributed by atoms with van der Waals surface area (Å²) < 4.78 is 2.03. The third-order valence-electron chi connectivity index (χ3n) is 6.85. The number of para-hydroxylation sites is 1. The van der Waals surface area contributed by atoms with Gasteiger partial charge in [-0.05, 0) is 53.8 Å². The maximum atomic E-state index is 13.5. The predicted octanol–water partition coefficient (Wildman–Crippen LogP) is 6.52. The van der Waals surface area contributed by atoms with Crippen LogP contribution in [0.3, 0.4) is 0 Å². The van der Waals surface area contributed by atoms with Gasteiger partial charge in [-0.1, -0.05) is 74.0 Å². The van der Waals surface area contributed by atoms with Crippen molar-refractivity contribution in [3.63, 3.8) is 0 Å². The summed E-state index contributed by atoms with van der Waals surface area (Å²) in [6, 6.07) is 21.9. The number of hydrogen-bond acceptors (Lipinski definition) is 3. The van der Waals surface area contributed by atoms with E-state index in [2.05, 4.69) is 19.2 Å². The van der Waals surface area contributed by atoms with Gasteiger partial charge in [0.1, 0.15) is 5.57 Å². The first kappa shape index (κ1) is 24.5. The number of imide groups is 2. The number of aromatic nitrogens is 1. The van der Waals surface area contributed by atoms with E-state index >= 15 is 0 Å². The van der Waals surface area contributed by atoms with Crippen LogP contribution in [0.1, 0.15) is 42.9 Å². The molecule has 7 heteroatoms. The van der Waals surface area contributed by atoms with Gasteiger partial charge in [0.15, 0.2) is 0 Å². The van der Waals surface area contributed by atoms with E-state index < -0.39 is 17.8 Å². The van der Waals surface area contributed by atoms with Crippen LogP contribution >= 0.6 is 11.6 Å². The number of urea groups is 1. The minimum Gasteiger partial charge on any atom is -0.342 e. The van der Waals surface area contributed by atoms with Crippen LogP contribution in [0, 0.1) is 0 Å². The number of carbonyl (C=O) groups excluding carboxylic acids is 3. The van der Waals surface area contributed by atoms with Crippen molar-refractivity contribution in [2.45, 2.75) is 32.7 Å². The summed E-state index contributed by atoms with van der Waals surface area (Å²) in [6.07, 6.45) is 4.42. The molecule has 1 aliphatic heterocycles. The van der Waals surface area contributed by atoms with Crippen LogP contribution in [0.4, 0.5) is 10.5 Å². The molecule has 0 spiro atoms. The molecule has 5 rings (SSSR count). The summed E-state index contributed by atoms with van der Waals surface area (Å²) in [7, 11) is 0. The molecule has 0 radical (unpaired) electrons. The topological polar surface area (TPSA) is 71.4 Å². The van der Waals surface area contributed by atoms with Crippen molar-refractivity contribution in [1.82, 2.24) is 9.88 Å². The van der Waals surface area contributed by atoms with Crippen molar-refractivity contribution in [3.8, 4) is 0 Å². The normalized spacial score (nSPS) is 15.9. The van der Waals surface area contributed by atoms with E-state index in [1.165, 1.54) is 0 Å². The molecule has 1 fully saturated rings. The Bertz CT molecular complexity index is 1550. The zero-order chi connectivity index (χ0) is 26.1. The number of anilines is 1. The molecule has 0 unspecified atom stereocenters. The van der Waals surface area contributed by atoms with Gasteiger partial charge in [-0.2, -0.15) is 0 Å². The number of carbonyl (C=O) groups is 3. The zero-order valence-corrected chi connectivity index (χ0v) is 21.3. The van der Waals surface area contributed by atoms with Crippen LogP contribution in [0.5, 0.6) is 0 Å². The van der Waals surface area contributed by atoms with E-state index in [0.29, 0.717) is 28.7 Å². The average molecular weight is 512 g/mol. The first-order valence-corrected chi connectivity index (χ1v) is 12.6. The first-order valence-electron chi connectivity index (χ1n) is 12.2. The van der Waals surface area contributed by atoms with E-state index in [9.17, 15) is 14.4 Å². The summed E-state index contributed by atoms with van der Waals surface area (Å²) in [6.45, 7) is 4.75. The molecule has 0 saturated carbocycles. The van der Waals surface area contributed by atoms with Gasteiger partial charge in [-0.15, -0.1) is 0 Å². The van der Waals surface area contributed by atoms with Gasteiger partial charge in [-0.3, -0.25) is 14.9 Å². The van der Waals surface area contributed by atoms with Gasteiger partial charge >= 0.3 is 6.03 Å². The zero-order valence-electron chi connectivity index (χ0n) is 20.6. The van der Waals surface area contributed by atoms with Crippen molar-refractivity contribution in [2.24, 2.45) is 0 Å². The summed E-state index contributed by atoms with van der Waals surface area (Å²) in [4.78, 5) is 39.9. The Morgan fingerprint density at radius 3 is 2.38 bits per heavy atom. The van der Waals surface area contributed by atoms with E-state index in [0.717, 1.165) is 33.4 Å². The lowest BCUT2D eigenvalue weighted by molar-refractivity contribution is -0.122. The third kappa shape index (κ3) is 4.68. The summed E-state index contributed by atoms with van der Waals surface area (Å²) in [5.74, 6) is -1.02. The molecular weight excluding hydrogens is 486 g/mol. The second-order valence-electron chi connectivity index (χ2n) is 9.18. The molecule has 1 saturated heterocycles. The quantitative estimate of drug-likeness (QED) is 0.236. The average Bonchev–Trinajstić information content (AvgIpc) is 3.25. The van der Waals surface area contributed by atoms with Crippen LogP contribution in [-0.2, 0) is 16.1 Å². The van der Waals surface area contributed by atoms with Gasteiger partial charge in [0.05, 0.1) is 5.69 Å². The maximum absolute atomic E-state index is 13.5. The maximum Gasteiger partial charge on any atom is 0.335 e. The fraction of sp³-hybridized carbons (Fsp3) is 0.167. The molecular formula is C30H26ClN3O3. The number of hydrogen-bond donors (Lipinski definition) is 1. The minimum absolute atomic E-state index is 0.105. The van der Waals surface area contributed by atoms with Gasteiger partial charge in [0.25, 0.3) is 11.8 Å². The van der Waals surface area contributed by atoms with Crippen molar-refractivity contribution in [1.29, 1.82) is 0 Å². The molecule has 1 aliphatic rings. The Morgan fingerprint density at radius 1 is 0.946 bits per heavy atom. The number of halogens is 1. The van der Waals surface area contributed by atoms with Gasteiger partial charge in [-0.25, -0.2) is 9.69 Å². The fourth-order valence-electron chi connectivity index (χ4n) is 4.57. The highest BCUT2D eigenvalue weighted by Crippen LogP contribution is 2.29. The Kier molecular flexibility index (Phi) is 6.68. The highest BCUT2D eigenvalue weighted by molar-refractivity contribution is 6.39. The van der Waals surface area contributed by atoms with Gasteiger partial charge in [0.2, 0.25) is 0 Å². The standard InChI is InChI=1S/C30H26ClN3O3/c1-3-19(2)20-12-14-23(15-13-20)34-29(36)25(28(35)32-30(34)37)16-22-18-33(27-11-7-5-9-24(22)27)17-21-8-4-6-10-26(21)31/h4-16,18-19H,3,17H2,1-2H3,(H,32,35,37)/b25-16+/t19-/m0/s1. The Labute approximate surface area is 220 Å². The highest BCUT2D eigenvalue weighted by Gasteiger charge is 2.37. The molecule has 3 aromatic carbocycles. The second-order valence-corrected chi connectivity index (χ2v) is 9.59. The van der Waals surface area contributed by atoms with Gasteiger partial charge < -0.3 is 4.57 Å².